The molecule has 0 spiro atoms. The minimum absolute atomic E-state index is 0.0631. The topological polar surface area (TPSA) is 98.7 Å². The molecule has 7 nitrogen and oxygen atoms in total. The minimum atomic E-state index is -0.671. The van der Waals surface area contributed by atoms with Gasteiger partial charge >= 0.3 is 0 Å². The van der Waals surface area contributed by atoms with Gasteiger partial charge in [-0.1, -0.05) is 0 Å². The fourth-order valence-corrected chi connectivity index (χ4v) is 2.57. The fraction of sp³-hybridized carbons (Fsp3) is 0.533. The number of hydrogen-bond donors (Lipinski definition) is 1. The number of amides is 1. The molecule has 2 N–H and O–H groups in total. The zero-order valence-electron chi connectivity index (χ0n) is 12.7. The number of halogens is 1. The van der Waals surface area contributed by atoms with Gasteiger partial charge in [-0.05, 0) is 37.9 Å². The van der Waals surface area contributed by atoms with E-state index < -0.39 is 16.6 Å². The van der Waals surface area contributed by atoms with Crippen LogP contribution in [0.15, 0.2) is 18.2 Å². The average molecular weight is 325 g/mol. The summed E-state index contributed by atoms with van der Waals surface area (Å²) in [5, 5.41) is 11.0. The summed E-state index contributed by atoms with van der Waals surface area (Å²) in [5.74, 6) is -1.18. The summed E-state index contributed by atoms with van der Waals surface area (Å²) in [6.07, 6.45) is 2.15. The van der Waals surface area contributed by atoms with Crippen molar-refractivity contribution < 1.29 is 18.8 Å². The van der Waals surface area contributed by atoms with Gasteiger partial charge in [-0.15, -0.1) is 0 Å². The second kappa shape index (κ2) is 7.98. The number of ether oxygens (including phenoxy) is 1. The number of carbonyl (C=O) groups excluding carboxylic acids is 1. The van der Waals surface area contributed by atoms with E-state index in [4.69, 9.17) is 10.5 Å². The van der Waals surface area contributed by atoms with Crippen LogP contribution in [-0.4, -0.2) is 48.1 Å². The standard InChI is InChI=1S/C15H20FN3O4/c16-11-2-3-14(19(21)22)13(10-11)15(20)18-7-4-12(5-8-18)23-9-1-6-17/h2-3,10,12H,1,4-9,17H2. The SMILES string of the molecule is NCCCOC1CCN(C(=O)c2cc(F)ccc2[N+](=O)[O-])CC1. The van der Waals surface area contributed by atoms with Gasteiger partial charge in [-0.25, -0.2) is 4.39 Å². The number of nitro groups is 1. The lowest BCUT2D eigenvalue weighted by Gasteiger charge is -2.32. The lowest BCUT2D eigenvalue weighted by molar-refractivity contribution is -0.385. The summed E-state index contributed by atoms with van der Waals surface area (Å²) in [4.78, 5) is 24.3. The van der Waals surface area contributed by atoms with E-state index in [1.54, 1.807) is 0 Å². The molecule has 1 saturated heterocycles. The van der Waals surface area contributed by atoms with Gasteiger partial charge in [0, 0.05) is 25.8 Å². The molecule has 1 heterocycles. The molecule has 0 unspecified atom stereocenters. The van der Waals surface area contributed by atoms with Crippen molar-refractivity contribution in [3.05, 3.63) is 39.7 Å². The third kappa shape index (κ3) is 4.46. The van der Waals surface area contributed by atoms with Crippen LogP contribution < -0.4 is 5.73 Å². The Labute approximate surface area is 133 Å². The third-order valence-corrected chi connectivity index (χ3v) is 3.82. The third-order valence-electron chi connectivity index (χ3n) is 3.82. The van der Waals surface area contributed by atoms with Gasteiger partial charge < -0.3 is 15.4 Å². The van der Waals surface area contributed by atoms with Crippen LogP contribution in [0.4, 0.5) is 10.1 Å². The van der Waals surface area contributed by atoms with Crippen LogP contribution in [0.25, 0.3) is 0 Å². The molecule has 0 atom stereocenters. The van der Waals surface area contributed by atoms with Crippen LogP contribution in [0.3, 0.4) is 0 Å². The van der Waals surface area contributed by atoms with Gasteiger partial charge in [-0.3, -0.25) is 14.9 Å². The summed E-state index contributed by atoms with van der Waals surface area (Å²) >= 11 is 0. The number of likely N-dealkylation sites (tertiary alicyclic amines) is 1. The van der Waals surface area contributed by atoms with E-state index in [9.17, 15) is 19.3 Å². The summed E-state index contributed by atoms with van der Waals surface area (Å²) in [7, 11) is 0. The first-order valence-electron chi connectivity index (χ1n) is 7.58. The van der Waals surface area contributed by atoms with Crippen molar-refractivity contribution >= 4 is 11.6 Å². The second-order valence-electron chi connectivity index (χ2n) is 5.42. The van der Waals surface area contributed by atoms with Gasteiger partial charge in [0.15, 0.2) is 0 Å². The number of rotatable bonds is 6. The Morgan fingerprint density at radius 2 is 2.13 bits per heavy atom. The highest BCUT2D eigenvalue weighted by atomic mass is 19.1. The van der Waals surface area contributed by atoms with Crippen LogP contribution in [-0.2, 0) is 4.74 Å². The number of nitrogens with two attached hydrogens (primary N) is 1. The lowest BCUT2D eigenvalue weighted by atomic mass is 10.1. The van der Waals surface area contributed by atoms with Crippen molar-refractivity contribution in [3.8, 4) is 0 Å². The monoisotopic (exact) mass is 325 g/mol. The maximum atomic E-state index is 13.3. The van der Waals surface area contributed by atoms with E-state index in [-0.39, 0.29) is 17.4 Å². The van der Waals surface area contributed by atoms with E-state index in [0.717, 1.165) is 24.6 Å². The molecule has 0 aromatic heterocycles. The highest BCUT2D eigenvalue weighted by molar-refractivity contribution is 5.98. The molecular weight excluding hydrogens is 305 g/mol. The molecule has 1 fully saturated rings. The summed E-state index contributed by atoms with van der Waals surface area (Å²) in [6.45, 7) is 2.02. The first kappa shape index (κ1) is 17.3. The second-order valence-corrected chi connectivity index (χ2v) is 5.42. The first-order valence-corrected chi connectivity index (χ1v) is 7.58. The molecule has 23 heavy (non-hydrogen) atoms. The number of piperidine rings is 1. The van der Waals surface area contributed by atoms with Crippen molar-refractivity contribution in [3.63, 3.8) is 0 Å². The maximum Gasteiger partial charge on any atom is 0.282 e. The Bertz CT molecular complexity index is 574. The molecule has 0 radical (unpaired) electrons. The van der Waals surface area contributed by atoms with Crippen molar-refractivity contribution in [1.29, 1.82) is 0 Å². The smallest absolute Gasteiger partial charge is 0.282 e. The largest absolute Gasteiger partial charge is 0.378 e. The highest BCUT2D eigenvalue weighted by Crippen LogP contribution is 2.23. The minimum Gasteiger partial charge on any atom is -0.378 e. The number of nitro benzene ring substituents is 1. The average Bonchev–Trinajstić information content (AvgIpc) is 2.54. The first-order chi connectivity index (χ1) is 11.0. The maximum absolute atomic E-state index is 13.3. The molecule has 2 rings (SSSR count). The van der Waals surface area contributed by atoms with Crippen LogP contribution >= 0.6 is 0 Å². The van der Waals surface area contributed by atoms with E-state index in [0.29, 0.717) is 39.1 Å². The van der Waals surface area contributed by atoms with Crippen LogP contribution in [0.5, 0.6) is 0 Å². The number of hydrogen-bond acceptors (Lipinski definition) is 5. The van der Waals surface area contributed by atoms with Crippen LogP contribution in [0, 0.1) is 15.9 Å². The highest BCUT2D eigenvalue weighted by Gasteiger charge is 2.28. The molecule has 1 aromatic rings. The van der Waals surface area contributed by atoms with E-state index >= 15 is 0 Å². The van der Waals surface area contributed by atoms with Gasteiger partial charge in [0.1, 0.15) is 11.4 Å². The molecule has 0 saturated carbocycles. The van der Waals surface area contributed by atoms with Gasteiger partial charge in [-0.2, -0.15) is 0 Å². The molecule has 1 aliphatic heterocycles. The van der Waals surface area contributed by atoms with Crippen molar-refractivity contribution in [2.75, 3.05) is 26.2 Å². The molecule has 1 aromatic carbocycles. The fourth-order valence-electron chi connectivity index (χ4n) is 2.57. The predicted octanol–water partition coefficient (Wildman–Crippen LogP) is 1.70. The molecule has 8 heteroatoms. The normalized spacial score (nSPS) is 15.7. The molecule has 126 valence electrons. The summed E-state index contributed by atoms with van der Waals surface area (Å²) in [6, 6.07) is 2.92. The molecule has 0 aliphatic carbocycles. The van der Waals surface area contributed by atoms with Crippen LogP contribution in [0.2, 0.25) is 0 Å². The number of benzene rings is 1. The van der Waals surface area contributed by atoms with Gasteiger partial charge in [0.2, 0.25) is 0 Å². The summed E-state index contributed by atoms with van der Waals surface area (Å²) < 4.78 is 19.0. The Morgan fingerprint density at radius 3 is 2.74 bits per heavy atom. The Hall–Kier alpha value is -2.06. The van der Waals surface area contributed by atoms with E-state index in [1.807, 2.05) is 0 Å². The zero-order chi connectivity index (χ0) is 16.8. The molecular formula is C15H20FN3O4. The van der Waals surface area contributed by atoms with Crippen molar-refractivity contribution in [2.45, 2.75) is 25.4 Å². The summed E-state index contributed by atoms with van der Waals surface area (Å²) in [5.41, 5.74) is 4.81. The van der Waals surface area contributed by atoms with E-state index in [1.165, 1.54) is 4.90 Å². The van der Waals surface area contributed by atoms with Crippen LogP contribution in [0.1, 0.15) is 29.6 Å². The predicted molar refractivity (Wildman–Crippen MR) is 81.6 cm³/mol. The zero-order valence-corrected chi connectivity index (χ0v) is 12.7. The lowest BCUT2D eigenvalue weighted by Crippen LogP contribution is -2.41. The van der Waals surface area contributed by atoms with Crippen molar-refractivity contribution in [1.82, 2.24) is 4.90 Å². The molecule has 1 amide bonds. The Morgan fingerprint density at radius 1 is 1.43 bits per heavy atom. The quantitative estimate of drug-likeness (QED) is 0.487. The number of nitrogens with zero attached hydrogens (tertiary/aromatic N) is 2. The number of carbonyl (C=O) groups is 1. The van der Waals surface area contributed by atoms with Gasteiger partial charge in [0.05, 0.1) is 11.0 Å². The van der Waals surface area contributed by atoms with Crippen molar-refractivity contribution in [2.24, 2.45) is 5.73 Å². The molecule has 0 bridgehead atoms. The Balaban J connectivity index is 2.00. The molecule has 1 aliphatic rings. The van der Waals surface area contributed by atoms with Gasteiger partial charge in [0.25, 0.3) is 11.6 Å². The Kier molecular flexibility index (Phi) is 6.00. The van der Waals surface area contributed by atoms with E-state index in [2.05, 4.69) is 0 Å².